The summed E-state index contributed by atoms with van der Waals surface area (Å²) < 4.78 is 24.7. The van der Waals surface area contributed by atoms with Gasteiger partial charge >= 0.3 is 0 Å². The minimum absolute atomic E-state index is 0.0485. The second-order valence-corrected chi connectivity index (χ2v) is 9.91. The number of piperidine rings is 1. The molecule has 1 N–H and O–H groups in total. The van der Waals surface area contributed by atoms with E-state index in [1.807, 2.05) is 12.1 Å². The van der Waals surface area contributed by atoms with E-state index in [4.69, 9.17) is 9.47 Å². The fourth-order valence-electron chi connectivity index (χ4n) is 4.55. The summed E-state index contributed by atoms with van der Waals surface area (Å²) in [4.78, 5) is 47.3. The van der Waals surface area contributed by atoms with Crippen LogP contribution < -0.4 is 14.8 Å². The summed E-state index contributed by atoms with van der Waals surface area (Å²) >= 11 is 0. The Morgan fingerprint density at radius 2 is 1.71 bits per heavy atom. The highest BCUT2D eigenvalue weighted by molar-refractivity contribution is 5.98. The number of Topliss-reactive ketones (excluding diaryl/α,β-unsaturated/α-hetero) is 1. The van der Waals surface area contributed by atoms with Gasteiger partial charge in [0, 0.05) is 75.1 Å². The Morgan fingerprint density at radius 1 is 0.929 bits per heavy atom. The van der Waals surface area contributed by atoms with Gasteiger partial charge in [-0.2, -0.15) is 0 Å². The van der Waals surface area contributed by atoms with Crippen molar-refractivity contribution >= 4 is 23.3 Å². The maximum Gasteiger partial charge on any atom is 0.272 e. The van der Waals surface area contributed by atoms with Gasteiger partial charge in [0.25, 0.3) is 5.91 Å². The Bertz CT molecular complexity index is 1550. The zero-order valence-corrected chi connectivity index (χ0v) is 23.0. The molecule has 0 atom stereocenters. The molecule has 0 bridgehead atoms. The number of carbonyl (C=O) groups is 3. The van der Waals surface area contributed by atoms with Gasteiger partial charge in [-0.3, -0.25) is 19.4 Å². The number of halogens is 1. The largest absolute Gasteiger partial charge is 0.490 e. The van der Waals surface area contributed by atoms with Crippen molar-refractivity contribution in [3.63, 3.8) is 0 Å². The molecule has 1 saturated heterocycles. The van der Waals surface area contributed by atoms with Gasteiger partial charge in [-0.25, -0.2) is 9.37 Å². The van der Waals surface area contributed by atoms with Crippen LogP contribution in [0.5, 0.6) is 17.4 Å². The second kappa shape index (κ2) is 13.0. The van der Waals surface area contributed by atoms with E-state index >= 15 is 0 Å². The van der Waals surface area contributed by atoms with Gasteiger partial charge in [-0.1, -0.05) is 12.1 Å². The van der Waals surface area contributed by atoms with Crippen molar-refractivity contribution in [2.75, 3.05) is 18.4 Å². The third-order valence-electron chi connectivity index (χ3n) is 6.69. The third-order valence-corrected chi connectivity index (χ3v) is 6.69. The van der Waals surface area contributed by atoms with Crippen LogP contribution in [-0.4, -0.2) is 51.7 Å². The molecule has 10 heteroatoms. The molecular formula is C32H29FN4O5. The molecule has 2 aromatic carbocycles. The zero-order valence-electron chi connectivity index (χ0n) is 23.0. The molecule has 1 aliphatic heterocycles. The lowest BCUT2D eigenvalue weighted by molar-refractivity contribution is -0.114. The first-order valence-corrected chi connectivity index (χ1v) is 13.5. The molecule has 2 amide bonds. The molecule has 4 aromatic rings. The number of benzene rings is 2. The van der Waals surface area contributed by atoms with Gasteiger partial charge in [0.05, 0.1) is 0 Å². The molecule has 5 rings (SSSR count). The summed E-state index contributed by atoms with van der Waals surface area (Å²) in [7, 11) is 0. The van der Waals surface area contributed by atoms with Crippen molar-refractivity contribution in [3.8, 4) is 17.4 Å². The molecule has 3 heterocycles. The minimum atomic E-state index is -0.355. The van der Waals surface area contributed by atoms with Crippen molar-refractivity contribution in [1.82, 2.24) is 14.9 Å². The first-order chi connectivity index (χ1) is 20.3. The summed E-state index contributed by atoms with van der Waals surface area (Å²) in [5.41, 5.74) is 2.03. The van der Waals surface area contributed by atoms with Gasteiger partial charge in [-0.15, -0.1) is 0 Å². The van der Waals surface area contributed by atoms with Crippen LogP contribution >= 0.6 is 0 Å². The van der Waals surface area contributed by atoms with E-state index in [2.05, 4.69) is 15.3 Å². The number of ether oxygens (including phenoxy) is 2. The number of aromatic nitrogens is 2. The fraction of sp³-hybridized carbons (Fsp3) is 0.219. The maximum atomic E-state index is 13.1. The monoisotopic (exact) mass is 568 g/mol. The summed E-state index contributed by atoms with van der Waals surface area (Å²) in [6, 6.07) is 19.4. The number of anilines is 1. The number of nitrogens with zero attached hydrogens (tertiary/aromatic N) is 3. The average molecular weight is 569 g/mol. The standard InChI is InChI=1S/C32H29FN4O5/c1-21(38)36-25-3-2-4-28(18-25)41-27-13-15-37(16-14-27)32(40)29-11-6-23(20-34-29)30(39)17-22-5-12-31(35-19-22)42-26-9-7-24(33)8-10-26/h2-12,18-20,27H,13-17H2,1H3,(H,36,38). The lowest BCUT2D eigenvalue weighted by Gasteiger charge is -2.32. The van der Waals surface area contributed by atoms with Gasteiger partial charge in [0.2, 0.25) is 11.8 Å². The van der Waals surface area contributed by atoms with Crippen molar-refractivity contribution in [2.24, 2.45) is 0 Å². The number of hydrogen-bond donors (Lipinski definition) is 1. The van der Waals surface area contributed by atoms with Crippen LogP contribution in [0.25, 0.3) is 0 Å². The molecule has 0 aliphatic carbocycles. The normalized spacial score (nSPS) is 13.3. The van der Waals surface area contributed by atoms with Crippen molar-refractivity contribution in [2.45, 2.75) is 32.3 Å². The summed E-state index contributed by atoms with van der Waals surface area (Å²) in [5.74, 6) is 0.593. The van der Waals surface area contributed by atoms with Gasteiger partial charge in [0.15, 0.2) is 5.78 Å². The van der Waals surface area contributed by atoms with Gasteiger partial charge in [-0.05, 0) is 54.1 Å². The van der Waals surface area contributed by atoms with E-state index in [1.165, 1.54) is 37.4 Å². The van der Waals surface area contributed by atoms with E-state index in [-0.39, 0.29) is 41.6 Å². The zero-order chi connectivity index (χ0) is 29.5. The molecule has 0 saturated carbocycles. The number of amides is 2. The van der Waals surface area contributed by atoms with Gasteiger partial charge in [0.1, 0.15) is 29.1 Å². The van der Waals surface area contributed by atoms with E-state index < -0.39 is 0 Å². The Kier molecular flexibility index (Phi) is 8.81. The molecular weight excluding hydrogens is 539 g/mol. The molecule has 1 aliphatic rings. The molecule has 1 fully saturated rings. The second-order valence-electron chi connectivity index (χ2n) is 9.91. The van der Waals surface area contributed by atoms with Crippen LogP contribution in [0, 0.1) is 5.82 Å². The minimum Gasteiger partial charge on any atom is -0.490 e. The summed E-state index contributed by atoms with van der Waals surface area (Å²) in [6.07, 6.45) is 4.36. The summed E-state index contributed by atoms with van der Waals surface area (Å²) in [6.45, 7) is 2.49. The number of hydrogen-bond acceptors (Lipinski definition) is 7. The number of ketones is 1. The predicted molar refractivity (Wildman–Crippen MR) is 153 cm³/mol. The number of nitrogens with one attached hydrogen (secondary N) is 1. The molecule has 42 heavy (non-hydrogen) atoms. The van der Waals surface area contributed by atoms with E-state index in [0.29, 0.717) is 60.1 Å². The van der Waals surface area contributed by atoms with Crippen LogP contribution in [0.15, 0.2) is 85.2 Å². The molecule has 0 radical (unpaired) electrons. The Labute approximate surface area is 242 Å². The van der Waals surface area contributed by atoms with Crippen LogP contribution in [0.2, 0.25) is 0 Å². The molecule has 0 unspecified atom stereocenters. The Hall–Kier alpha value is -5.12. The topological polar surface area (TPSA) is 111 Å². The third kappa shape index (κ3) is 7.54. The van der Waals surface area contributed by atoms with Crippen molar-refractivity contribution in [3.05, 3.63) is 108 Å². The molecule has 9 nitrogen and oxygen atoms in total. The average Bonchev–Trinajstić information content (AvgIpc) is 2.99. The lowest BCUT2D eigenvalue weighted by Crippen LogP contribution is -2.42. The van der Waals surface area contributed by atoms with Crippen LogP contribution in [-0.2, 0) is 11.2 Å². The number of pyridine rings is 2. The van der Waals surface area contributed by atoms with Crippen LogP contribution in [0.4, 0.5) is 10.1 Å². The molecule has 0 spiro atoms. The highest BCUT2D eigenvalue weighted by Crippen LogP contribution is 2.23. The quantitative estimate of drug-likeness (QED) is 0.266. The highest BCUT2D eigenvalue weighted by Gasteiger charge is 2.25. The number of likely N-dealkylation sites (tertiary alicyclic amines) is 1. The predicted octanol–water partition coefficient (Wildman–Crippen LogP) is 5.48. The van der Waals surface area contributed by atoms with E-state index in [1.54, 1.807) is 47.5 Å². The Morgan fingerprint density at radius 3 is 2.38 bits per heavy atom. The van der Waals surface area contributed by atoms with Crippen molar-refractivity contribution in [1.29, 1.82) is 0 Å². The summed E-state index contributed by atoms with van der Waals surface area (Å²) in [5, 5.41) is 2.74. The number of carbonyl (C=O) groups excluding carboxylic acids is 3. The van der Waals surface area contributed by atoms with Crippen molar-refractivity contribution < 1.29 is 28.2 Å². The smallest absolute Gasteiger partial charge is 0.272 e. The number of rotatable bonds is 9. The van der Waals surface area contributed by atoms with E-state index in [9.17, 15) is 18.8 Å². The van der Waals surface area contributed by atoms with Gasteiger partial charge < -0.3 is 19.7 Å². The maximum absolute atomic E-state index is 13.1. The molecule has 214 valence electrons. The Balaban J connectivity index is 1.10. The first kappa shape index (κ1) is 28.4. The van der Waals surface area contributed by atoms with E-state index in [0.717, 1.165) is 0 Å². The molecule has 2 aromatic heterocycles. The first-order valence-electron chi connectivity index (χ1n) is 13.5. The highest BCUT2D eigenvalue weighted by atomic mass is 19.1. The van der Waals surface area contributed by atoms with Crippen LogP contribution in [0.3, 0.4) is 0 Å². The van der Waals surface area contributed by atoms with Crippen LogP contribution in [0.1, 0.15) is 46.2 Å². The fourth-order valence-corrected chi connectivity index (χ4v) is 4.55. The SMILES string of the molecule is CC(=O)Nc1cccc(OC2CCN(C(=O)c3ccc(C(=O)Cc4ccc(Oc5ccc(F)cc5)nc4)cn3)CC2)c1. The lowest BCUT2D eigenvalue weighted by atomic mass is 10.0.